The number of nitrogens with zero attached hydrogens (tertiary/aromatic N) is 1. The monoisotopic (exact) mass is 542 g/mol. The largest absolute Gasteiger partial charge is 0.354 e. The molecule has 190 valence electrons. The lowest BCUT2D eigenvalue weighted by atomic mass is 10.0. The summed E-state index contributed by atoms with van der Waals surface area (Å²) < 4.78 is 0. The van der Waals surface area contributed by atoms with Gasteiger partial charge in [-0.3, -0.25) is 9.59 Å². The second-order valence-electron chi connectivity index (χ2n) is 8.53. The maximum atomic E-state index is 13.6. The number of carbonyl (C=O) groups excluding carboxylic acids is 2. The lowest BCUT2D eigenvalue weighted by Gasteiger charge is -2.31. The highest BCUT2D eigenvalue weighted by Gasteiger charge is 2.30. The minimum atomic E-state index is -0.645. The summed E-state index contributed by atoms with van der Waals surface area (Å²) in [4.78, 5) is 29.9. The van der Waals surface area contributed by atoms with Crippen LogP contribution in [-0.4, -0.2) is 35.1 Å². The van der Waals surface area contributed by atoms with E-state index in [1.807, 2.05) is 66.7 Å². The Morgan fingerprint density at radius 3 is 2.28 bits per heavy atom. The Hall–Kier alpha value is -2.47. The quantitative estimate of drug-likeness (QED) is 0.186. The summed E-state index contributed by atoms with van der Waals surface area (Å²) in [7, 11) is 0. The second kappa shape index (κ2) is 14.9. The molecule has 4 nitrogen and oxygen atoms in total. The molecule has 1 atom stereocenters. The molecule has 0 aliphatic carbocycles. The van der Waals surface area contributed by atoms with Crippen molar-refractivity contribution >= 4 is 46.8 Å². The summed E-state index contributed by atoms with van der Waals surface area (Å²) >= 11 is 14.0. The van der Waals surface area contributed by atoms with Crippen LogP contribution in [0.5, 0.6) is 0 Å². The van der Waals surface area contributed by atoms with Crippen LogP contribution in [0.4, 0.5) is 0 Å². The average molecular weight is 544 g/mol. The predicted molar refractivity (Wildman–Crippen MR) is 151 cm³/mol. The molecule has 0 heterocycles. The summed E-state index contributed by atoms with van der Waals surface area (Å²) in [6.07, 6.45) is 2.61. The first-order valence-corrected chi connectivity index (χ1v) is 13.9. The molecule has 0 aliphatic rings. The van der Waals surface area contributed by atoms with Crippen LogP contribution in [0.1, 0.15) is 37.3 Å². The van der Waals surface area contributed by atoms with Crippen molar-refractivity contribution in [2.75, 3.05) is 12.3 Å². The number of amides is 2. The molecule has 0 unspecified atom stereocenters. The highest BCUT2D eigenvalue weighted by Crippen LogP contribution is 2.25. The maximum Gasteiger partial charge on any atom is 0.243 e. The Labute approximate surface area is 228 Å². The third-order valence-corrected chi connectivity index (χ3v) is 7.52. The Morgan fingerprint density at radius 2 is 1.61 bits per heavy atom. The van der Waals surface area contributed by atoms with Crippen LogP contribution in [-0.2, 0) is 22.6 Å². The van der Waals surface area contributed by atoms with Crippen LogP contribution in [0.15, 0.2) is 83.8 Å². The van der Waals surface area contributed by atoms with Crippen molar-refractivity contribution in [3.8, 4) is 0 Å². The normalized spacial score (nSPS) is 11.6. The summed E-state index contributed by atoms with van der Waals surface area (Å²) in [5.74, 6) is 0.406. The van der Waals surface area contributed by atoms with Gasteiger partial charge in [0.1, 0.15) is 6.04 Å². The molecule has 0 aliphatic heterocycles. The van der Waals surface area contributed by atoms with Gasteiger partial charge in [-0.25, -0.2) is 0 Å². The molecule has 0 radical (unpaired) electrons. The van der Waals surface area contributed by atoms with Gasteiger partial charge in [-0.2, -0.15) is 0 Å². The van der Waals surface area contributed by atoms with E-state index in [9.17, 15) is 9.59 Å². The standard InChI is InChI=1S/C29H32Cl2N2O2S/c1-2-3-17-32-29(35)27(20-22-10-6-4-7-11-22)33(21-23-14-15-25(30)26(31)19-23)28(34)16-18-36-24-12-8-5-9-13-24/h4-15,19,27H,2-3,16-18,20-21H2,1H3,(H,32,35)/t27-/m1/s1. The smallest absolute Gasteiger partial charge is 0.243 e. The van der Waals surface area contributed by atoms with Gasteiger partial charge in [-0.05, 0) is 41.8 Å². The second-order valence-corrected chi connectivity index (χ2v) is 10.5. The topological polar surface area (TPSA) is 49.4 Å². The number of thioether (sulfide) groups is 1. The number of unbranched alkanes of at least 4 members (excludes halogenated alkanes) is 1. The van der Waals surface area contributed by atoms with E-state index >= 15 is 0 Å². The SMILES string of the molecule is CCCCNC(=O)[C@@H](Cc1ccccc1)N(Cc1ccc(Cl)c(Cl)c1)C(=O)CCSc1ccccc1. The van der Waals surface area contributed by atoms with Gasteiger partial charge in [0.2, 0.25) is 11.8 Å². The fourth-order valence-corrected chi connectivity index (χ4v) is 4.99. The first-order chi connectivity index (χ1) is 17.5. The van der Waals surface area contributed by atoms with Crippen molar-refractivity contribution in [2.45, 2.75) is 50.1 Å². The van der Waals surface area contributed by atoms with E-state index in [0.29, 0.717) is 35.2 Å². The number of rotatable bonds is 13. The molecule has 0 fully saturated rings. The van der Waals surface area contributed by atoms with Crippen LogP contribution in [0, 0.1) is 0 Å². The fourth-order valence-electron chi connectivity index (χ4n) is 3.81. The predicted octanol–water partition coefficient (Wildman–Crippen LogP) is 7.03. The lowest BCUT2D eigenvalue weighted by Crippen LogP contribution is -2.50. The van der Waals surface area contributed by atoms with Gasteiger partial charge < -0.3 is 10.2 Å². The lowest BCUT2D eigenvalue weighted by molar-refractivity contribution is -0.141. The summed E-state index contributed by atoms with van der Waals surface area (Å²) in [5, 5.41) is 3.92. The van der Waals surface area contributed by atoms with E-state index in [2.05, 4.69) is 12.2 Å². The van der Waals surface area contributed by atoms with Crippen molar-refractivity contribution in [1.82, 2.24) is 10.2 Å². The molecule has 0 spiro atoms. The van der Waals surface area contributed by atoms with Gasteiger partial charge in [0, 0.05) is 36.6 Å². The molecule has 0 saturated carbocycles. The number of hydrogen-bond acceptors (Lipinski definition) is 3. The zero-order valence-corrected chi connectivity index (χ0v) is 22.8. The minimum absolute atomic E-state index is 0.0731. The minimum Gasteiger partial charge on any atom is -0.354 e. The molecule has 3 rings (SSSR count). The maximum absolute atomic E-state index is 13.6. The Morgan fingerprint density at radius 1 is 0.917 bits per heavy atom. The van der Waals surface area contributed by atoms with E-state index < -0.39 is 6.04 Å². The first kappa shape index (κ1) is 28.1. The highest BCUT2D eigenvalue weighted by molar-refractivity contribution is 7.99. The van der Waals surface area contributed by atoms with Gasteiger partial charge in [0.25, 0.3) is 0 Å². The molecule has 0 aromatic heterocycles. The van der Waals surface area contributed by atoms with Gasteiger partial charge >= 0.3 is 0 Å². The van der Waals surface area contributed by atoms with Crippen molar-refractivity contribution in [2.24, 2.45) is 0 Å². The number of halogens is 2. The first-order valence-electron chi connectivity index (χ1n) is 12.2. The Balaban J connectivity index is 1.85. The van der Waals surface area contributed by atoms with Crippen LogP contribution >= 0.6 is 35.0 Å². The molecule has 3 aromatic carbocycles. The zero-order valence-electron chi connectivity index (χ0n) is 20.5. The van der Waals surface area contributed by atoms with E-state index in [1.54, 1.807) is 28.8 Å². The third kappa shape index (κ3) is 8.88. The fraction of sp³-hybridized carbons (Fsp3) is 0.310. The van der Waals surface area contributed by atoms with Gasteiger partial charge in [-0.1, -0.05) is 91.1 Å². The van der Waals surface area contributed by atoms with Gasteiger partial charge in [0.05, 0.1) is 10.0 Å². The highest BCUT2D eigenvalue weighted by atomic mass is 35.5. The van der Waals surface area contributed by atoms with E-state index in [0.717, 1.165) is 28.9 Å². The van der Waals surface area contributed by atoms with Crippen LogP contribution < -0.4 is 5.32 Å². The molecule has 1 N–H and O–H groups in total. The third-order valence-electron chi connectivity index (χ3n) is 5.77. The van der Waals surface area contributed by atoms with Crippen LogP contribution in [0.2, 0.25) is 10.0 Å². The summed E-state index contributed by atoms with van der Waals surface area (Å²) in [6, 6.07) is 24.5. The Bertz CT molecular complexity index is 1110. The van der Waals surface area contributed by atoms with Crippen molar-refractivity contribution < 1.29 is 9.59 Å². The van der Waals surface area contributed by atoms with Gasteiger partial charge in [0.15, 0.2) is 0 Å². The summed E-state index contributed by atoms with van der Waals surface area (Å²) in [6.45, 7) is 2.93. The number of hydrogen-bond donors (Lipinski definition) is 1. The molecule has 7 heteroatoms. The number of carbonyl (C=O) groups is 2. The van der Waals surface area contributed by atoms with Crippen molar-refractivity contribution in [3.63, 3.8) is 0 Å². The van der Waals surface area contributed by atoms with E-state index in [-0.39, 0.29) is 18.4 Å². The molecular formula is C29H32Cl2N2O2S. The number of benzene rings is 3. The van der Waals surface area contributed by atoms with Gasteiger partial charge in [-0.15, -0.1) is 11.8 Å². The van der Waals surface area contributed by atoms with Crippen molar-refractivity contribution in [3.05, 3.63) is 100 Å². The van der Waals surface area contributed by atoms with Crippen LogP contribution in [0.25, 0.3) is 0 Å². The summed E-state index contributed by atoms with van der Waals surface area (Å²) in [5.41, 5.74) is 1.83. The molecule has 0 saturated heterocycles. The van der Waals surface area contributed by atoms with Crippen molar-refractivity contribution in [1.29, 1.82) is 0 Å². The number of nitrogens with one attached hydrogen (secondary N) is 1. The molecular weight excluding hydrogens is 511 g/mol. The molecule has 3 aromatic rings. The molecule has 2 amide bonds. The average Bonchev–Trinajstić information content (AvgIpc) is 2.89. The molecule has 36 heavy (non-hydrogen) atoms. The van der Waals surface area contributed by atoms with E-state index in [1.165, 1.54) is 0 Å². The molecule has 0 bridgehead atoms. The zero-order chi connectivity index (χ0) is 25.8. The van der Waals surface area contributed by atoms with E-state index in [4.69, 9.17) is 23.2 Å². The Kier molecular flexibility index (Phi) is 11.7. The van der Waals surface area contributed by atoms with Crippen LogP contribution in [0.3, 0.4) is 0 Å².